The predicted octanol–water partition coefficient (Wildman–Crippen LogP) is 0.725. The molecule has 0 spiro atoms. The normalized spacial score (nSPS) is 12.0. The van der Waals surface area contributed by atoms with Crippen molar-refractivity contribution in [1.82, 2.24) is 4.90 Å². The lowest BCUT2D eigenvalue weighted by molar-refractivity contribution is 0.265. The fourth-order valence-corrected chi connectivity index (χ4v) is 4.19. The summed E-state index contributed by atoms with van der Waals surface area (Å²) in [6, 6.07) is 2.15. The molecule has 0 N–H and O–H groups in total. The molecule has 110 valence electrons. The van der Waals surface area contributed by atoms with Crippen molar-refractivity contribution in [2.24, 2.45) is 0 Å². The van der Waals surface area contributed by atoms with E-state index in [0.29, 0.717) is 0 Å². The molecule has 0 aromatic heterocycles. The largest absolute Gasteiger partial charge is 0.400 e. The van der Waals surface area contributed by atoms with Gasteiger partial charge in [0.15, 0.2) is 0 Å². The molecule has 0 amide bonds. The molecule has 0 aromatic rings. The van der Waals surface area contributed by atoms with E-state index >= 15 is 0 Å². The Balaban J connectivity index is 3.50. The first-order chi connectivity index (χ1) is 8.67. The summed E-state index contributed by atoms with van der Waals surface area (Å²) in [6.45, 7) is 2.20. The molecule has 0 rings (SSSR count). The molecule has 0 aliphatic carbocycles. The van der Waals surface area contributed by atoms with E-state index in [4.69, 9.17) is 17.7 Å². The van der Waals surface area contributed by atoms with Crippen molar-refractivity contribution >= 4 is 18.6 Å². The lowest BCUT2D eigenvalue weighted by Gasteiger charge is -2.18. The lowest BCUT2D eigenvalue weighted by atomic mass is 10.4. The third kappa shape index (κ3) is 9.20. The Morgan fingerprint density at radius 1 is 0.722 bits per heavy atom. The summed E-state index contributed by atoms with van der Waals surface area (Å²) in [5.74, 6) is 0. The van der Waals surface area contributed by atoms with E-state index in [2.05, 4.69) is 11.9 Å². The fraction of sp³-hybridized carbons (Fsp3) is 1.00. The van der Waals surface area contributed by atoms with Crippen LogP contribution in [-0.2, 0) is 17.7 Å². The molecule has 0 bridgehead atoms. The zero-order chi connectivity index (χ0) is 13.8. The molecule has 0 aromatic carbocycles. The summed E-state index contributed by atoms with van der Waals surface area (Å²) in [5.41, 5.74) is 0. The van der Waals surface area contributed by atoms with Crippen LogP contribution in [0.15, 0.2) is 0 Å². The van der Waals surface area contributed by atoms with E-state index in [1.165, 1.54) is 0 Å². The van der Waals surface area contributed by atoms with Crippen molar-refractivity contribution < 1.29 is 17.7 Å². The Kier molecular flexibility index (Phi) is 12.4. The van der Waals surface area contributed by atoms with Crippen LogP contribution in [0.2, 0.25) is 12.1 Å². The van der Waals surface area contributed by atoms with Crippen molar-refractivity contribution in [2.75, 3.05) is 48.6 Å². The van der Waals surface area contributed by atoms with E-state index < -0.39 is 18.6 Å². The van der Waals surface area contributed by atoms with E-state index in [1.54, 1.807) is 28.4 Å². The molecule has 18 heavy (non-hydrogen) atoms. The second-order valence-corrected chi connectivity index (χ2v) is 9.15. The Labute approximate surface area is 115 Å². The minimum absolute atomic E-state index is 1.07. The first-order valence-corrected chi connectivity index (χ1v) is 9.99. The first kappa shape index (κ1) is 18.2. The van der Waals surface area contributed by atoms with Crippen LogP contribution < -0.4 is 0 Å². The van der Waals surface area contributed by atoms with Crippen LogP contribution in [0.1, 0.15) is 12.8 Å². The van der Waals surface area contributed by atoms with E-state index in [9.17, 15) is 0 Å². The Morgan fingerprint density at radius 3 is 1.33 bits per heavy atom. The summed E-state index contributed by atoms with van der Waals surface area (Å²) in [7, 11) is 6.39. The fourth-order valence-electron chi connectivity index (χ4n) is 1.83. The Hall–Kier alpha value is 0.234. The molecular formula is C11H29NO4Si2. The highest BCUT2D eigenvalue weighted by Gasteiger charge is 2.11. The van der Waals surface area contributed by atoms with Crippen LogP contribution in [0.3, 0.4) is 0 Å². The average molecular weight is 296 g/mol. The van der Waals surface area contributed by atoms with Gasteiger partial charge >= 0.3 is 18.6 Å². The molecule has 0 heterocycles. The van der Waals surface area contributed by atoms with Gasteiger partial charge in [-0.25, -0.2) is 0 Å². The van der Waals surface area contributed by atoms with Crippen molar-refractivity contribution in [3.8, 4) is 0 Å². The smallest absolute Gasteiger partial charge is 0.320 e. The second kappa shape index (κ2) is 12.3. The van der Waals surface area contributed by atoms with Gasteiger partial charge in [0.2, 0.25) is 0 Å². The van der Waals surface area contributed by atoms with Gasteiger partial charge in [0.1, 0.15) is 0 Å². The van der Waals surface area contributed by atoms with Gasteiger partial charge in [0.25, 0.3) is 0 Å². The molecule has 0 atom stereocenters. The number of hydrogen-bond donors (Lipinski definition) is 0. The lowest BCUT2D eigenvalue weighted by Crippen LogP contribution is -2.26. The van der Waals surface area contributed by atoms with Crippen LogP contribution in [-0.4, -0.2) is 72.0 Å². The molecular weight excluding hydrogens is 266 g/mol. The highest BCUT2D eigenvalue weighted by molar-refractivity contribution is 6.44. The summed E-state index contributed by atoms with van der Waals surface area (Å²) >= 11 is 0. The number of nitrogens with zero attached hydrogens (tertiary/aromatic N) is 1. The highest BCUT2D eigenvalue weighted by Crippen LogP contribution is 2.04. The maximum Gasteiger partial charge on any atom is 0.320 e. The second-order valence-electron chi connectivity index (χ2n) is 4.39. The van der Waals surface area contributed by atoms with Gasteiger partial charge in [-0.3, -0.25) is 0 Å². The van der Waals surface area contributed by atoms with Crippen molar-refractivity contribution in [1.29, 1.82) is 0 Å². The molecule has 0 radical (unpaired) electrons. The third-order valence-electron chi connectivity index (χ3n) is 3.01. The monoisotopic (exact) mass is 295 g/mol. The number of rotatable bonds is 12. The maximum absolute atomic E-state index is 5.29. The molecule has 0 unspecified atom stereocenters. The maximum atomic E-state index is 5.29. The van der Waals surface area contributed by atoms with Gasteiger partial charge in [0, 0.05) is 28.4 Å². The molecule has 7 heteroatoms. The van der Waals surface area contributed by atoms with Crippen molar-refractivity contribution in [2.45, 2.75) is 24.9 Å². The third-order valence-corrected chi connectivity index (χ3v) is 6.87. The Bertz CT molecular complexity index is 162. The minimum Gasteiger partial charge on any atom is -0.400 e. The zero-order valence-electron chi connectivity index (χ0n) is 12.5. The number of hydrogen-bond acceptors (Lipinski definition) is 5. The summed E-state index contributed by atoms with van der Waals surface area (Å²) in [6.07, 6.45) is 2.29. The predicted molar refractivity (Wildman–Crippen MR) is 78.7 cm³/mol. The SMILES string of the molecule is CO[SiH](CCCN(C)CCC[SiH](OC)OC)OC. The van der Waals surface area contributed by atoms with E-state index in [1.807, 2.05) is 0 Å². The van der Waals surface area contributed by atoms with Gasteiger partial charge in [-0.1, -0.05) is 0 Å². The van der Waals surface area contributed by atoms with E-state index in [0.717, 1.165) is 38.0 Å². The molecule has 5 nitrogen and oxygen atoms in total. The van der Waals surface area contributed by atoms with Crippen molar-refractivity contribution in [3.05, 3.63) is 0 Å². The quantitative estimate of drug-likeness (QED) is 0.496. The standard InChI is InChI=1S/C11H29NO4Si2/c1-12(8-6-10-17(13-2)14-3)9-7-11-18(15-4)16-5/h17-18H,6-11H2,1-5H3. The molecule has 0 fully saturated rings. The zero-order valence-corrected chi connectivity index (χ0v) is 14.8. The molecule has 0 saturated heterocycles. The highest BCUT2D eigenvalue weighted by atomic mass is 28.3. The van der Waals surface area contributed by atoms with Gasteiger partial charge < -0.3 is 22.6 Å². The van der Waals surface area contributed by atoms with Gasteiger partial charge in [0.05, 0.1) is 0 Å². The van der Waals surface area contributed by atoms with Crippen LogP contribution >= 0.6 is 0 Å². The average Bonchev–Trinajstić information content (AvgIpc) is 2.40. The van der Waals surface area contributed by atoms with Crippen LogP contribution in [0.25, 0.3) is 0 Å². The van der Waals surface area contributed by atoms with Gasteiger partial charge in [-0.15, -0.1) is 0 Å². The van der Waals surface area contributed by atoms with E-state index in [-0.39, 0.29) is 0 Å². The van der Waals surface area contributed by atoms with Crippen LogP contribution in [0, 0.1) is 0 Å². The molecule has 0 saturated carbocycles. The minimum atomic E-state index is -1.36. The molecule has 0 aliphatic heterocycles. The van der Waals surface area contributed by atoms with Gasteiger partial charge in [-0.2, -0.15) is 0 Å². The first-order valence-electron chi connectivity index (χ1n) is 6.47. The summed E-state index contributed by atoms with van der Waals surface area (Å²) in [4.78, 5) is 2.35. The van der Waals surface area contributed by atoms with Crippen LogP contribution in [0.4, 0.5) is 0 Å². The molecule has 0 aliphatic rings. The topological polar surface area (TPSA) is 40.2 Å². The summed E-state index contributed by atoms with van der Waals surface area (Å²) < 4.78 is 21.2. The van der Waals surface area contributed by atoms with Crippen molar-refractivity contribution in [3.63, 3.8) is 0 Å². The Morgan fingerprint density at radius 2 is 1.06 bits per heavy atom. The van der Waals surface area contributed by atoms with Crippen LogP contribution in [0.5, 0.6) is 0 Å². The summed E-state index contributed by atoms with van der Waals surface area (Å²) in [5, 5.41) is 0. The van der Waals surface area contributed by atoms with Gasteiger partial charge in [-0.05, 0) is 45.1 Å².